The molecule has 16 nitrogen and oxygen atoms in total. The molecular weight excluding hydrogens is 839 g/mol. The minimum atomic E-state index is -4.37. The predicted molar refractivity (Wildman–Crippen MR) is 233 cm³/mol. The van der Waals surface area contributed by atoms with Crippen LogP contribution in [0, 0.1) is 18.2 Å². The lowest BCUT2D eigenvalue weighted by Crippen LogP contribution is -2.51. The lowest BCUT2D eigenvalue weighted by Gasteiger charge is -2.39. The van der Waals surface area contributed by atoms with Crippen molar-refractivity contribution in [2.24, 2.45) is 0 Å². The summed E-state index contributed by atoms with van der Waals surface area (Å²) in [5, 5.41) is 6.38. The van der Waals surface area contributed by atoms with E-state index in [4.69, 9.17) is 29.7 Å². The molecular formula is C44H56F2N7O9P. The van der Waals surface area contributed by atoms with E-state index in [0.29, 0.717) is 18.2 Å². The Balaban J connectivity index is 1.43. The number of carbonyl (C=O) groups is 3. The molecule has 2 fully saturated rings. The summed E-state index contributed by atoms with van der Waals surface area (Å²) in [5.41, 5.74) is -1.28. The number of aromatic nitrogens is 2. The molecule has 0 spiro atoms. The maximum Gasteiger partial charge on any atom is 0.459 e. The van der Waals surface area contributed by atoms with Gasteiger partial charge in [-0.2, -0.15) is 15.1 Å². The van der Waals surface area contributed by atoms with Gasteiger partial charge in [-0.05, 0) is 85.0 Å². The maximum absolute atomic E-state index is 15.5. The Morgan fingerprint density at radius 2 is 1.89 bits per heavy atom. The number of hydrogen-bond acceptors (Lipinski definition) is 13. The molecule has 3 aromatic rings. The highest BCUT2D eigenvalue weighted by molar-refractivity contribution is 7.52. The number of nitrogens with one attached hydrogen (secondary N) is 2. The molecule has 2 aromatic carbocycles. The fraction of sp³-hybridized carbons (Fsp3) is 0.523. The summed E-state index contributed by atoms with van der Waals surface area (Å²) in [7, 11) is -0.842. The van der Waals surface area contributed by atoms with Gasteiger partial charge in [0.05, 0.1) is 41.1 Å². The first-order chi connectivity index (χ1) is 29.7. The fourth-order valence-electron chi connectivity index (χ4n) is 8.22. The summed E-state index contributed by atoms with van der Waals surface area (Å²) in [6.45, 7) is 13.8. The average Bonchev–Trinajstić information content (AvgIpc) is 3.80. The van der Waals surface area contributed by atoms with Crippen LogP contribution in [-0.4, -0.2) is 107 Å². The zero-order valence-electron chi connectivity index (χ0n) is 37.0. The van der Waals surface area contributed by atoms with Crippen LogP contribution >= 0.6 is 7.75 Å². The first-order valence-electron chi connectivity index (χ1n) is 20.9. The van der Waals surface area contributed by atoms with Gasteiger partial charge in [-0.3, -0.25) is 23.9 Å². The van der Waals surface area contributed by atoms with E-state index in [1.807, 2.05) is 18.9 Å². The van der Waals surface area contributed by atoms with Gasteiger partial charge in [-0.25, -0.2) is 18.1 Å². The number of benzene rings is 2. The normalized spacial score (nSPS) is 21.0. The Hall–Kier alpha value is -5.34. The number of halogens is 2. The maximum atomic E-state index is 15.5. The van der Waals surface area contributed by atoms with E-state index in [9.17, 15) is 23.3 Å². The van der Waals surface area contributed by atoms with Gasteiger partial charge in [0.15, 0.2) is 11.6 Å². The molecule has 3 aliphatic rings. The molecule has 1 saturated heterocycles. The van der Waals surface area contributed by atoms with E-state index in [1.54, 1.807) is 39.6 Å². The Kier molecular flexibility index (Phi) is 14.1. The van der Waals surface area contributed by atoms with Crippen LogP contribution in [-0.2, 0) is 30.0 Å². The van der Waals surface area contributed by atoms with Crippen LogP contribution in [0.2, 0.25) is 0 Å². The predicted octanol–water partition coefficient (Wildman–Crippen LogP) is 7.29. The lowest BCUT2D eigenvalue weighted by atomic mass is 9.95. The van der Waals surface area contributed by atoms with Crippen LogP contribution in [0.25, 0.3) is 10.8 Å². The van der Waals surface area contributed by atoms with Crippen molar-refractivity contribution < 1.29 is 51.0 Å². The van der Waals surface area contributed by atoms with E-state index < -0.39 is 61.1 Å². The number of esters is 1. The highest BCUT2D eigenvalue weighted by atomic mass is 31.2. The molecule has 2 aliphatic heterocycles. The third kappa shape index (κ3) is 10.2. The summed E-state index contributed by atoms with van der Waals surface area (Å²) >= 11 is 0. The van der Waals surface area contributed by atoms with Gasteiger partial charge in [-0.15, -0.1) is 6.42 Å². The van der Waals surface area contributed by atoms with E-state index >= 15 is 4.39 Å². The molecule has 340 valence electrons. The Bertz CT molecular complexity index is 2350. The number of nitrogens with zero attached hydrogens (tertiary/aromatic N) is 5. The number of likely N-dealkylation sites (tertiary alicyclic amines) is 1. The number of ether oxygens (including phenoxy) is 3. The monoisotopic (exact) mass is 895 g/mol. The second-order valence-corrected chi connectivity index (χ2v) is 18.8. The largest absolute Gasteiger partial charge is 0.462 e. The van der Waals surface area contributed by atoms with Gasteiger partial charge in [0.2, 0.25) is 5.91 Å². The molecule has 6 rings (SSSR count). The van der Waals surface area contributed by atoms with Gasteiger partial charge in [0.25, 0.3) is 0 Å². The Labute approximate surface area is 366 Å². The number of hydrogen-bond donors (Lipinski definition) is 2. The van der Waals surface area contributed by atoms with Crippen LogP contribution in [0.1, 0.15) is 84.9 Å². The lowest BCUT2D eigenvalue weighted by molar-refractivity contribution is -0.149. The van der Waals surface area contributed by atoms with Crippen molar-refractivity contribution in [2.45, 2.75) is 116 Å². The van der Waals surface area contributed by atoms with Gasteiger partial charge in [0.1, 0.15) is 36.1 Å². The second-order valence-electron chi connectivity index (χ2n) is 17.1. The van der Waals surface area contributed by atoms with Crippen molar-refractivity contribution in [1.29, 1.82) is 0 Å². The Morgan fingerprint density at radius 1 is 1.17 bits per heavy atom. The third-order valence-electron chi connectivity index (χ3n) is 11.6. The first-order valence-corrected chi connectivity index (χ1v) is 22.5. The molecule has 1 saturated carbocycles. The minimum absolute atomic E-state index is 0.00750. The third-order valence-corrected chi connectivity index (χ3v) is 13.5. The van der Waals surface area contributed by atoms with E-state index in [1.165, 1.54) is 31.2 Å². The number of anilines is 2. The fourth-order valence-corrected chi connectivity index (χ4v) is 9.89. The van der Waals surface area contributed by atoms with Crippen molar-refractivity contribution in [3.8, 4) is 29.9 Å². The SMILES string of the molecule is C#Cc1c(F)ccc2cc(OP(=O)(N[C@@H](C)C(=O)OC(C)C)OC(C)C)cc(N3Cc4nc(OC[C@]5(C)C[C@@H](F)CN5C)nc(NCC5(N(C)C(=O)C=C)CCCC5)c4OC3=O)c12. The first kappa shape index (κ1) is 47.1. The Morgan fingerprint density at radius 3 is 2.51 bits per heavy atom. The summed E-state index contributed by atoms with van der Waals surface area (Å²) in [6, 6.07) is 4.13. The van der Waals surface area contributed by atoms with E-state index in [0.717, 1.165) is 23.8 Å². The van der Waals surface area contributed by atoms with Gasteiger partial charge >= 0.3 is 25.8 Å². The molecule has 19 heteroatoms. The number of alkyl halides is 1. The summed E-state index contributed by atoms with van der Waals surface area (Å²) in [4.78, 5) is 53.9. The number of terminal acetylenes is 1. The molecule has 0 radical (unpaired) electrons. The highest BCUT2D eigenvalue weighted by Gasteiger charge is 2.43. The zero-order chi connectivity index (χ0) is 46.0. The van der Waals surface area contributed by atoms with Crippen molar-refractivity contribution in [3.05, 3.63) is 54.0 Å². The van der Waals surface area contributed by atoms with Crippen LogP contribution in [0.5, 0.6) is 17.5 Å². The number of fused-ring (bicyclic) bond motifs is 2. The average molecular weight is 896 g/mol. The topological polar surface area (TPSA) is 174 Å². The summed E-state index contributed by atoms with van der Waals surface area (Å²) < 4.78 is 73.6. The molecule has 1 aromatic heterocycles. The highest BCUT2D eigenvalue weighted by Crippen LogP contribution is 2.49. The van der Waals surface area contributed by atoms with Crippen LogP contribution in [0.3, 0.4) is 0 Å². The van der Waals surface area contributed by atoms with Crippen molar-refractivity contribution in [2.75, 3.05) is 44.0 Å². The smallest absolute Gasteiger partial charge is 0.459 e. The summed E-state index contributed by atoms with van der Waals surface area (Å²) in [6.07, 6.45) is 7.43. The van der Waals surface area contributed by atoms with Crippen molar-refractivity contribution in [3.63, 3.8) is 0 Å². The van der Waals surface area contributed by atoms with Gasteiger partial charge < -0.3 is 29.0 Å². The molecule has 1 unspecified atom stereocenters. The quantitative estimate of drug-likeness (QED) is 0.0598. The van der Waals surface area contributed by atoms with Crippen LogP contribution < -0.4 is 29.3 Å². The van der Waals surface area contributed by atoms with Crippen LogP contribution in [0.15, 0.2) is 36.9 Å². The van der Waals surface area contributed by atoms with Crippen molar-refractivity contribution in [1.82, 2.24) is 24.9 Å². The zero-order valence-corrected chi connectivity index (χ0v) is 37.9. The summed E-state index contributed by atoms with van der Waals surface area (Å²) in [5.74, 6) is 0.695. The molecule has 63 heavy (non-hydrogen) atoms. The number of rotatable bonds is 17. The minimum Gasteiger partial charge on any atom is -0.462 e. The van der Waals surface area contributed by atoms with Gasteiger partial charge in [-0.1, -0.05) is 31.4 Å². The molecule has 3 heterocycles. The van der Waals surface area contributed by atoms with E-state index in [2.05, 4.69) is 32.9 Å². The number of likely N-dealkylation sites (N-methyl/N-ethyl adjacent to an activating group) is 2. The second kappa shape index (κ2) is 18.8. The van der Waals surface area contributed by atoms with E-state index in [-0.39, 0.29) is 84.2 Å². The molecule has 4 atom stereocenters. The standard InChI is InChI=1S/C44H56F2N7O9P/c1-11-32-33(46)16-15-29-19-31(62-63(57,61-27(5)6)50-28(7)40(55)59-26(3)4)20-35(37(29)32)53-23-34-38(60-42(53)56)39(47-24-44(17-13-14-18-44)52(10)36(54)12-2)49-41(48-34)58-25-43(8)21-30(45)22-51(43)9/h1,12,15-16,19-20,26-28,30H,2,13-14,17-18,21-25H2,3-10H3,(H,50,57)(H,47,48,49)/t28-,30+,43-,63?/m0/s1. The van der Waals surface area contributed by atoms with Crippen LogP contribution in [0.4, 0.5) is 25.1 Å². The molecule has 2 N–H and O–H groups in total. The molecule has 1 aliphatic carbocycles. The van der Waals surface area contributed by atoms with Crippen molar-refractivity contribution >= 4 is 48.0 Å². The molecule has 0 bridgehead atoms. The van der Waals surface area contributed by atoms with Gasteiger partial charge in [0, 0.05) is 38.0 Å². The number of carbonyl (C=O) groups excluding carboxylic acids is 3. The molecule has 2 amide bonds. The number of amides is 2.